The molecule has 0 unspecified atom stereocenters. The van der Waals surface area contributed by atoms with Crippen molar-refractivity contribution in [1.82, 2.24) is 4.90 Å². The first-order valence-electron chi connectivity index (χ1n) is 7.13. The van der Waals surface area contributed by atoms with Crippen LogP contribution in [-0.4, -0.2) is 23.9 Å². The zero-order chi connectivity index (χ0) is 14.9. The lowest BCUT2D eigenvalue weighted by Crippen LogP contribution is -2.41. The van der Waals surface area contributed by atoms with E-state index in [9.17, 15) is 4.79 Å². The third kappa shape index (κ3) is 3.26. The lowest BCUT2D eigenvalue weighted by Gasteiger charge is -2.38. The van der Waals surface area contributed by atoms with Gasteiger partial charge in [-0.2, -0.15) is 0 Å². The fraction of sp³-hybridized carbons (Fsp3) is 0.562. The highest BCUT2D eigenvalue weighted by atomic mass is 35.5. The summed E-state index contributed by atoms with van der Waals surface area (Å²) in [6.07, 6.45) is 2.10. The number of anilines is 1. The number of benzene rings is 1. The summed E-state index contributed by atoms with van der Waals surface area (Å²) in [6.45, 7) is 8.40. The van der Waals surface area contributed by atoms with Gasteiger partial charge >= 0.3 is 0 Å². The first-order valence-corrected chi connectivity index (χ1v) is 7.51. The molecule has 1 aromatic carbocycles. The van der Waals surface area contributed by atoms with E-state index >= 15 is 0 Å². The van der Waals surface area contributed by atoms with Crippen molar-refractivity contribution in [2.45, 2.75) is 33.6 Å². The topological polar surface area (TPSA) is 46.3 Å². The van der Waals surface area contributed by atoms with Gasteiger partial charge in [0.25, 0.3) is 5.91 Å². The molecule has 0 radical (unpaired) electrons. The molecule has 0 aromatic heterocycles. The molecular weight excluding hydrogens is 272 g/mol. The van der Waals surface area contributed by atoms with Crippen molar-refractivity contribution in [3.05, 3.63) is 28.8 Å². The Morgan fingerprint density at radius 1 is 1.30 bits per heavy atom. The normalized spacial score (nSPS) is 17.3. The Bertz CT molecular complexity index is 500. The molecule has 1 aliphatic heterocycles. The molecule has 0 aliphatic carbocycles. The number of carbonyl (C=O) groups excluding carboxylic acids is 1. The van der Waals surface area contributed by atoms with Crippen LogP contribution in [0, 0.1) is 11.3 Å². The van der Waals surface area contributed by atoms with Crippen LogP contribution >= 0.6 is 11.6 Å². The Kier molecular flexibility index (Phi) is 4.28. The second kappa shape index (κ2) is 5.65. The van der Waals surface area contributed by atoms with Gasteiger partial charge in [-0.3, -0.25) is 4.79 Å². The molecule has 2 rings (SSSR count). The summed E-state index contributed by atoms with van der Waals surface area (Å²) in [5, 5.41) is 0.548. The van der Waals surface area contributed by atoms with E-state index in [0.29, 0.717) is 27.6 Å². The molecular formula is C16H23ClN2O. The van der Waals surface area contributed by atoms with Crippen LogP contribution < -0.4 is 5.73 Å². The fourth-order valence-electron chi connectivity index (χ4n) is 2.83. The van der Waals surface area contributed by atoms with E-state index in [1.807, 2.05) is 4.90 Å². The van der Waals surface area contributed by atoms with Gasteiger partial charge in [-0.15, -0.1) is 0 Å². The Morgan fingerprint density at radius 3 is 2.45 bits per heavy atom. The predicted molar refractivity (Wildman–Crippen MR) is 83.9 cm³/mol. The maximum absolute atomic E-state index is 12.5. The monoisotopic (exact) mass is 294 g/mol. The van der Waals surface area contributed by atoms with Crippen LogP contribution in [0.1, 0.15) is 44.0 Å². The number of likely N-dealkylation sites (tertiary alicyclic amines) is 1. The van der Waals surface area contributed by atoms with Crippen LogP contribution in [0.25, 0.3) is 0 Å². The van der Waals surface area contributed by atoms with Gasteiger partial charge in [-0.1, -0.05) is 32.4 Å². The predicted octanol–water partition coefficient (Wildman–Crippen LogP) is 3.82. The van der Waals surface area contributed by atoms with E-state index in [4.69, 9.17) is 17.3 Å². The molecule has 2 N–H and O–H groups in total. The average Bonchev–Trinajstić information content (AvgIpc) is 2.40. The molecule has 1 heterocycles. The highest BCUT2D eigenvalue weighted by molar-refractivity contribution is 6.31. The number of rotatable bonds is 1. The largest absolute Gasteiger partial charge is 0.398 e. The van der Waals surface area contributed by atoms with Crippen molar-refractivity contribution in [3.8, 4) is 0 Å². The number of halogens is 1. The maximum Gasteiger partial charge on any atom is 0.255 e. The minimum Gasteiger partial charge on any atom is -0.398 e. The number of carbonyl (C=O) groups is 1. The second-order valence-corrected chi connectivity index (χ2v) is 7.10. The van der Waals surface area contributed by atoms with Crippen molar-refractivity contribution in [1.29, 1.82) is 0 Å². The number of amides is 1. The molecule has 0 bridgehead atoms. The van der Waals surface area contributed by atoms with Gasteiger partial charge in [0.05, 0.1) is 5.56 Å². The van der Waals surface area contributed by atoms with Gasteiger partial charge in [0.2, 0.25) is 0 Å². The quantitative estimate of drug-likeness (QED) is 0.800. The Hall–Kier alpha value is -1.22. The van der Waals surface area contributed by atoms with Crippen molar-refractivity contribution >= 4 is 23.2 Å². The Labute approximate surface area is 126 Å². The number of piperidine rings is 1. The third-order valence-electron chi connectivity index (χ3n) is 4.25. The van der Waals surface area contributed by atoms with Crippen LogP contribution in [-0.2, 0) is 0 Å². The van der Waals surface area contributed by atoms with E-state index in [0.717, 1.165) is 25.9 Å². The highest BCUT2D eigenvalue weighted by Crippen LogP contribution is 2.34. The molecule has 0 atom stereocenters. The van der Waals surface area contributed by atoms with Crippen LogP contribution in [0.3, 0.4) is 0 Å². The number of hydrogen-bond donors (Lipinski definition) is 1. The molecule has 1 aromatic rings. The standard InChI is InChI=1S/C16H23ClN2O/c1-16(2,3)11-6-8-19(9-7-11)15(20)13-10-12(17)4-5-14(13)18/h4-5,10-11H,6-9,18H2,1-3H3. The number of nitrogens with zero attached hydrogens (tertiary/aromatic N) is 1. The first kappa shape index (κ1) is 15.2. The zero-order valence-electron chi connectivity index (χ0n) is 12.4. The van der Waals surface area contributed by atoms with Crippen molar-refractivity contribution in [2.75, 3.05) is 18.8 Å². The smallest absolute Gasteiger partial charge is 0.255 e. The average molecular weight is 295 g/mol. The molecule has 1 fully saturated rings. The molecule has 1 amide bonds. The molecule has 0 spiro atoms. The van der Waals surface area contributed by atoms with Crippen LogP contribution in [0.4, 0.5) is 5.69 Å². The van der Waals surface area contributed by atoms with Gasteiger partial charge in [-0.25, -0.2) is 0 Å². The van der Waals surface area contributed by atoms with Crippen molar-refractivity contribution in [3.63, 3.8) is 0 Å². The first-order chi connectivity index (χ1) is 9.29. The lowest BCUT2D eigenvalue weighted by atomic mass is 9.75. The van der Waals surface area contributed by atoms with Crippen LogP contribution in [0.5, 0.6) is 0 Å². The molecule has 1 saturated heterocycles. The number of nitrogen functional groups attached to an aromatic ring is 1. The molecule has 1 aliphatic rings. The van der Waals surface area contributed by atoms with Gasteiger partial charge in [-0.05, 0) is 42.4 Å². The summed E-state index contributed by atoms with van der Waals surface area (Å²) < 4.78 is 0. The van der Waals surface area contributed by atoms with Gasteiger partial charge in [0.15, 0.2) is 0 Å². The summed E-state index contributed by atoms with van der Waals surface area (Å²) >= 11 is 5.96. The SMILES string of the molecule is CC(C)(C)C1CCN(C(=O)c2cc(Cl)ccc2N)CC1. The second-order valence-electron chi connectivity index (χ2n) is 6.66. The van der Waals surface area contributed by atoms with E-state index in [1.54, 1.807) is 18.2 Å². The highest BCUT2D eigenvalue weighted by Gasteiger charge is 2.31. The summed E-state index contributed by atoms with van der Waals surface area (Å²) in [5.74, 6) is 0.667. The van der Waals surface area contributed by atoms with E-state index < -0.39 is 0 Å². The van der Waals surface area contributed by atoms with Gasteiger partial charge < -0.3 is 10.6 Å². The Balaban J connectivity index is 2.07. The fourth-order valence-corrected chi connectivity index (χ4v) is 3.00. The minimum atomic E-state index is -0.00245. The van der Waals surface area contributed by atoms with E-state index in [1.165, 1.54) is 0 Å². The molecule has 0 saturated carbocycles. The zero-order valence-corrected chi connectivity index (χ0v) is 13.2. The summed E-state index contributed by atoms with van der Waals surface area (Å²) in [4.78, 5) is 14.4. The van der Waals surface area contributed by atoms with Crippen LogP contribution in [0.15, 0.2) is 18.2 Å². The minimum absolute atomic E-state index is 0.00245. The van der Waals surface area contributed by atoms with Crippen LogP contribution in [0.2, 0.25) is 5.02 Å². The van der Waals surface area contributed by atoms with Gasteiger partial charge in [0, 0.05) is 23.8 Å². The Morgan fingerprint density at radius 2 is 1.90 bits per heavy atom. The third-order valence-corrected chi connectivity index (χ3v) is 4.49. The lowest BCUT2D eigenvalue weighted by molar-refractivity contribution is 0.0610. The van der Waals surface area contributed by atoms with Crippen molar-refractivity contribution < 1.29 is 4.79 Å². The van der Waals surface area contributed by atoms with E-state index in [2.05, 4.69) is 20.8 Å². The summed E-state index contributed by atoms with van der Waals surface area (Å²) in [7, 11) is 0. The maximum atomic E-state index is 12.5. The number of nitrogens with two attached hydrogens (primary N) is 1. The summed E-state index contributed by atoms with van der Waals surface area (Å²) in [5.41, 5.74) is 7.21. The van der Waals surface area contributed by atoms with E-state index in [-0.39, 0.29) is 5.91 Å². The summed E-state index contributed by atoms with van der Waals surface area (Å²) in [6, 6.07) is 5.06. The van der Waals surface area contributed by atoms with Gasteiger partial charge in [0.1, 0.15) is 0 Å². The van der Waals surface area contributed by atoms with Crippen molar-refractivity contribution in [2.24, 2.45) is 11.3 Å². The molecule has 3 nitrogen and oxygen atoms in total. The number of hydrogen-bond acceptors (Lipinski definition) is 2. The molecule has 20 heavy (non-hydrogen) atoms. The molecule has 4 heteroatoms. The molecule has 110 valence electrons.